The Morgan fingerprint density at radius 1 is 1.61 bits per heavy atom. The van der Waals surface area contributed by atoms with E-state index in [1.807, 2.05) is 11.8 Å². The van der Waals surface area contributed by atoms with E-state index in [1.165, 1.54) is 11.3 Å². The van der Waals surface area contributed by atoms with Gasteiger partial charge in [0, 0.05) is 11.5 Å². The SMILES string of the molecule is CC(C)Cc1nc(C2CSCCO2)sc1C(=O)O. The van der Waals surface area contributed by atoms with Gasteiger partial charge in [0.2, 0.25) is 0 Å². The van der Waals surface area contributed by atoms with Crippen molar-refractivity contribution < 1.29 is 14.6 Å². The molecule has 1 fully saturated rings. The van der Waals surface area contributed by atoms with Crippen molar-refractivity contribution in [2.24, 2.45) is 5.92 Å². The van der Waals surface area contributed by atoms with Gasteiger partial charge in [0.25, 0.3) is 0 Å². The molecule has 0 amide bonds. The van der Waals surface area contributed by atoms with Crippen molar-refractivity contribution in [3.05, 3.63) is 15.6 Å². The Kier molecular flexibility index (Phi) is 4.64. The number of nitrogens with zero attached hydrogens (tertiary/aromatic N) is 1. The Balaban J connectivity index is 2.23. The zero-order valence-corrected chi connectivity index (χ0v) is 12.1. The van der Waals surface area contributed by atoms with Crippen LogP contribution in [-0.2, 0) is 11.2 Å². The third-order valence-corrected chi connectivity index (χ3v) is 4.77. The Bertz CT molecular complexity index is 425. The molecule has 0 radical (unpaired) electrons. The number of aromatic nitrogens is 1. The minimum atomic E-state index is -0.877. The topological polar surface area (TPSA) is 59.4 Å². The molecule has 1 aromatic rings. The highest BCUT2D eigenvalue weighted by molar-refractivity contribution is 7.99. The van der Waals surface area contributed by atoms with Gasteiger partial charge in [0.05, 0.1) is 12.3 Å². The molecule has 0 aliphatic carbocycles. The molecule has 1 aliphatic rings. The fourth-order valence-electron chi connectivity index (χ4n) is 1.83. The average Bonchev–Trinajstić information content (AvgIpc) is 2.73. The van der Waals surface area contributed by atoms with Gasteiger partial charge in [-0.3, -0.25) is 0 Å². The van der Waals surface area contributed by atoms with E-state index < -0.39 is 5.97 Å². The zero-order valence-electron chi connectivity index (χ0n) is 10.5. The second kappa shape index (κ2) is 6.04. The molecule has 1 saturated heterocycles. The van der Waals surface area contributed by atoms with E-state index in [-0.39, 0.29) is 6.10 Å². The monoisotopic (exact) mass is 287 g/mol. The summed E-state index contributed by atoms with van der Waals surface area (Å²) in [6, 6.07) is 0. The summed E-state index contributed by atoms with van der Waals surface area (Å²) in [7, 11) is 0. The molecule has 1 aromatic heterocycles. The quantitative estimate of drug-likeness (QED) is 0.922. The molecule has 0 aromatic carbocycles. The smallest absolute Gasteiger partial charge is 0.347 e. The molecular weight excluding hydrogens is 270 g/mol. The third kappa shape index (κ3) is 3.24. The number of carboxylic acids is 1. The van der Waals surface area contributed by atoms with Crippen LogP contribution in [0.5, 0.6) is 0 Å². The van der Waals surface area contributed by atoms with Crippen LogP contribution in [0, 0.1) is 5.92 Å². The minimum absolute atomic E-state index is 0.0345. The van der Waals surface area contributed by atoms with Crippen molar-refractivity contribution in [1.29, 1.82) is 0 Å². The zero-order chi connectivity index (χ0) is 13.1. The maximum Gasteiger partial charge on any atom is 0.347 e. The summed E-state index contributed by atoms with van der Waals surface area (Å²) in [5.74, 6) is 1.40. The lowest BCUT2D eigenvalue weighted by Crippen LogP contribution is -2.15. The molecular formula is C12H17NO3S2. The van der Waals surface area contributed by atoms with Crippen LogP contribution in [0.1, 0.15) is 40.3 Å². The highest BCUT2D eigenvalue weighted by Crippen LogP contribution is 2.32. The normalized spacial score (nSPS) is 20.3. The Morgan fingerprint density at radius 2 is 2.39 bits per heavy atom. The number of aromatic carboxylic acids is 1. The first-order valence-electron chi connectivity index (χ1n) is 6.00. The summed E-state index contributed by atoms with van der Waals surface area (Å²) < 4.78 is 5.65. The van der Waals surface area contributed by atoms with Gasteiger partial charge in [-0.05, 0) is 12.3 Å². The van der Waals surface area contributed by atoms with Gasteiger partial charge < -0.3 is 9.84 Å². The Morgan fingerprint density at radius 3 is 2.94 bits per heavy atom. The first kappa shape index (κ1) is 13.8. The summed E-state index contributed by atoms with van der Waals surface area (Å²) >= 11 is 3.10. The molecule has 100 valence electrons. The highest BCUT2D eigenvalue weighted by atomic mass is 32.2. The van der Waals surface area contributed by atoms with Crippen molar-refractivity contribution in [2.45, 2.75) is 26.4 Å². The largest absolute Gasteiger partial charge is 0.477 e. The molecule has 0 saturated carbocycles. The van der Waals surface area contributed by atoms with Crippen molar-refractivity contribution >= 4 is 29.1 Å². The number of hydrogen-bond donors (Lipinski definition) is 1. The van der Waals surface area contributed by atoms with Crippen LogP contribution in [-0.4, -0.2) is 34.2 Å². The van der Waals surface area contributed by atoms with E-state index in [1.54, 1.807) is 0 Å². The number of carboxylic acid groups (broad SMARTS) is 1. The fourth-order valence-corrected chi connectivity index (χ4v) is 3.77. The van der Waals surface area contributed by atoms with Gasteiger partial charge in [-0.1, -0.05) is 13.8 Å². The molecule has 1 aliphatic heterocycles. The first-order chi connectivity index (χ1) is 8.58. The number of thioether (sulfide) groups is 1. The second-order valence-corrected chi connectivity index (χ2v) is 6.85. The fraction of sp³-hybridized carbons (Fsp3) is 0.667. The number of thiazole rings is 1. The Hall–Kier alpha value is -0.590. The van der Waals surface area contributed by atoms with Crippen LogP contribution in [0.2, 0.25) is 0 Å². The van der Waals surface area contributed by atoms with Crippen molar-refractivity contribution in [1.82, 2.24) is 4.98 Å². The summed E-state index contributed by atoms with van der Waals surface area (Å²) in [5.41, 5.74) is 0.705. The van der Waals surface area contributed by atoms with Crippen LogP contribution < -0.4 is 0 Å². The summed E-state index contributed by atoms with van der Waals surface area (Å²) in [6.07, 6.45) is 0.672. The Labute approximate surface area is 115 Å². The molecule has 2 rings (SSSR count). The van der Waals surface area contributed by atoms with Crippen LogP contribution in [0.15, 0.2) is 0 Å². The minimum Gasteiger partial charge on any atom is -0.477 e. The predicted molar refractivity (Wildman–Crippen MR) is 73.6 cm³/mol. The van der Waals surface area contributed by atoms with Crippen LogP contribution in [0.4, 0.5) is 0 Å². The number of carbonyl (C=O) groups is 1. The molecule has 0 bridgehead atoms. The van der Waals surface area contributed by atoms with Gasteiger partial charge >= 0.3 is 5.97 Å². The van der Waals surface area contributed by atoms with Crippen molar-refractivity contribution in [3.8, 4) is 0 Å². The van der Waals surface area contributed by atoms with E-state index in [0.29, 0.717) is 22.9 Å². The maximum absolute atomic E-state index is 11.2. The summed E-state index contributed by atoms with van der Waals surface area (Å²) in [6.45, 7) is 4.85. The lowest BCUT2D eigenvalue weighted by molar-refractivity contribution is 0.0700. The lowest BCUT2D eigenvalue weighted by Gasteiger charge is -2.19. The van der Waals surface area contributed by atoms with E-state index in [4.69, 9.17) is 4.74 Å². The molecule has 1 N–H and O–H groups in total. The summed E-state index contributed by atoms with van der Waals surface area (Å²) in [4.78, 5) is 16.1. The van der Waals surface area contributed by atoms with E-state index in [0.717, 1.165) is 23.1 Å². The van der Waals surface area contributed by atoms with Crippen molar-refractivity contribution in [3.63, 3.8) is 0 Å². The number of rotatable bonds is 4. The lowest BCUT2D eigenvalue weighted by atomic mass is 10.1. The number of ether oxygens (including phenoxy) is 1. The molecule has 18 heavy (non-hydrogen) atoms. The molecule has 0 spiro atoms. The van der Waals surface area contributed by atoms with Gasteiger partial charge in [-0.25, -0.2) is 9.78 Å². The van der Waals surface area contributed by atoms with Gasteiger partial charge in [-0.2, -0.15) is 11.8 Å². The van der Waals surface area contributed by atoms with E-state index >= 15 is 0 Å². The molecule has 1 atom stereocenters. The van der Waals surface area contributed by atoms with Gasteiger partial charge in [-0.15, -0.1) is 11.3 Å². The number of hydrogen-bond acceptors (Lipinski definition) is 5. The van der Waals surface area contributed by atoms with Crippen LogP contribution >= 0.6 is 23.1 Å². The van der Waals surface area contributed by atoms with Crippen LogP contribution in [0.3, 0.4) is 0 Å². The second-order valence-electron chi connectivity index (χ2n) is 4.67. The summed E-state index contributed by atoms with van der Waals surface area (Å²) in [5, 5.41) is 10.0. The van der Waals surface area contributed by atoms with Gasteiger partial charge in [0.1, 0.15) is 16.0 Å². The molecule has 1 unspecified atom stereocenters. The highest BCUT2D eigenvalue weighted by Gasteiger charge is 2.25. The standard InChI is InChI=1S/C12H17NO3S2/c1-7(2)5-8-10(12(14)15)18-11(13-8)9-6-17-4-3-16-9/h7,9H,3-6H2,1-2H3,(H,14,15). The molecule has 6 heteroatoms. The first-order valence-corrected chi connectivity index (χ1v) is 7.97. The predicted octanol–water partition coefficient (Wildman–Crippen LogP) is 2.84. The van der Waals surface area contributed by atoms with Crippen LogP contribution in [0.25, 0.3) is 0 Å². The van der Waals surface area contributed by atoms with E-state index in [2.05, 4.69) is 18.8 Å². The maximum atomic E-state index is 11.2. The van der Waals surface area contributed by atoms with Gasteiger partial charge in [0.15, 0.2) is 0 Å². The molecule has 4 nitrogen and oxygen atoms in total. The van der Waals surface area contributed by atoms with E-state index in [9.17, 15) is 9.90 Å². The van der Waals surface area contributed by atoms with Crippen molar-refractivity contribution in [2.75, 3.05) is 18.1 Å². The average molecular weight is 287 g/mol. The molecule has 2 heterocycles. The third-order valence-electron chi connectivity index (χ3n) is 2.60.